The molecule has 3 atom stereocenters. The van der Waals surface area contributed by atoms with Crippen molar-refractivity contribution in [1.82, 2.24) is 20.5 Å². The summed E-state index contributed by atoms with van der Waals surface area (Å²) in [7, 11) is 0. The van der Waals surface area contributed by atoms with Crippen molar-refractivity contribution in [2.45, 2.75) is 58.8 Å². The van der Waals surface area contributed by atoms with Crippen LogP contribution in [0.5, 0.6) is 0 Å². The van der Waals surface area contributed by atoms with E-state index in [0.717, 1.165) is 27.0 Å². The maximum Gasteiger partial charge on any atom is 0.246 e. The highest BCUT2D eigenvalue weighted by molar-refractivity contribution is 9.09. The topological polar surface area (TPSA) is 158 Å². The molecule has 15 heteroatoms. The number of hydrogen-bond donors (Lipinski definition) is 3. The van der Waals surface area contributed by atoms with Crippen molar-refractivity contribution in [3.05, 3.63) is 41.0 Å². The van der Waals surface area contributed by atoms with E-state index in [9.17, 15) is 19.5 Å². The molecule has 3 amide bonds. The smallest absolute Gasteiger partial charge is 0.246 e. The number of aliphatic hydroxyl groups is 1. The number of halogens is 1. The zero-order valence-corrected chi connectivity index (χ0v) is 31.3. The third-order valence-corrected chi connectivity index (χ3v) is 8.96. The number of nitrogens with one attached hydrogen (secondary N) is 2. The van der Waals surface area contributed by atoms with Crippen LogP contribution in [0.15, 0.2) is 29.8 Å². The number of amides is 3. The Balaban J connectivity index is 1.38. The molecule has 1 aliphatic heterocycles. The molecule has 274 valence electrons. The molecule has 1 aromatic heterocycles. The highest BCUT2D eigenvalue weighted by atomic mass is 79.9. The number of aliphatic hydroxyl groups excluding tert-OH is 1. The SMILES string of the molecule is Cc1ncsc1-c1ccc(CNC(=O)[C@@H]2C[C@@H](O)CN2C(=O)[C@@H](NC(=O)COCCOCCOCCOCCOCCBr)C(C)(C)C)cc1. The van der Waals surface area contributed by atoms with E-state index in [0.29, 0.717) is 46.2 Å². The van der Waals surface area contributed by atoms with E-state index >= 15 is 0 Å². The van der Waals surface area contributed by atoms with E-state index < -0.39 is 35.4 Å². The van der Waals surface area contributed by atoms with Crippen LogP contribution in [-0.2, 0) is 44.6 Å². The molecule has 0 unspecified atom stereocenters. The number of hydrogen-bond acceptors (Lipinski definition) is 11. The lowest BCUT2D eigenvalue weighted by Crippen LogP contribution is -2.58. The molecular formula is C34H51BrN4O9S. The number of benzene rings is 1. The van der Waals surface area contributed by atoms with E-state index in [2.05, 4.69) is 31.5 Å². The first-order valence-electron chi connectivity index (χ1n) is 16.5. The molecule has 1 saturated heterocycles. The van der Waals surface area contributed by atoms with Crippen LogP contribution in [0.25, 0.3) is 10.4 Å². The Labute approximate surface area is 301 Å². The van der Waals surface area contributed by atoms with E-state index in [-0.39, 0.29) is 45.2 Å². The molecule has 0 bridgehead atoms. The average molecular weight is 772 g/mol. The summed E-state index contributed by atoms with van der Waals surface area (Å²) in [4.78, 5) is 46.6. The number of aryl methyl sites for hydroxylation is 1. The standard InChI is InChI=1S/C34H51BrN4O9S/c1-24-30(49-23-37-24)26-7-5-25(6-8-26)20-36-32(42)28-19-27(40)21-39(28)33(43)31(34(2,3)4)38-29(41)22-48-18-17-47-16-15-46-14-13-45-12-11-44-10-9-35/h5-8,23,27-28,31,40H,9-22H2,1-4H3,(H,36,42)(H,38,41)/t27-,28+,31-/m1/s1. The van der Waals surface area contributed by atoms with E-state index in [1.54, 1.807) is 11.3 Å². The third kappa shape index (κ3) is 14.3. The van der Waals surface area contributed by atoms with Gasteiger partial charge in [0.1, 0.15) is 18.7 Å². The second-order valence-electron chi connectivity index (χ2n) is 12.6. The summed E-state index contributed by atoms with van der Waals surface area (Å²) in [6, 6.07) is 6.07. The van der Waals surface area contributed by atoms with Crippen molar-refractivity contribution < 1.29 is 43.2 Å². The van der Waals surface area contributed by atoms with Gasteiger partial charge in [0.15, 0.2) is 0 Å². The fourth-order valence-corrected chi connectivity index (χ4v) is 6.12. The molecule has 2 aromatic rings. The van der Waals surface area contributed by atoms with Gasteiger partial charge in [-0.05, 0) is 23.5 Å². The average Bonchev–Trinajstić information content (AvgIpc) is 3.68. The summed E-state index contributed by atoms with van der Waals surface area (Å²) in [5, 5.41) is 16.9. The number of carbonyl (C=O) groups excluding carboxylic acids is 3. The first-order valence-corrected chi connectivity index (χ1v) is 18.5. The summed E-state index contributed by atoms with van der Waals surface area (Å²) >= 11 is 4.87. The highest BCUT2D eigenvalue weighted by Gasteiger charge is 2.44. The van der Waals surface area contributed by atoms with Gasteiger partial charge in [-0.25, -0.2) is 4.98 Å². The van der Waals surface area contributed by atoms with Gasteiger partial charge in [0.2, 0.25) is 17.7 Å². The number of aromatic nitrogens is 1. The quantitative estimate of drug-likeness (QED) is 0.120. The molecule has 0 spiro atoms. The number of thiazole rings is 1. The molecule has 1 aromatic carbocycles. The monoisotopic (exact) mass is 770 g/mol. The van der Waals surface area contributed by atoms with Crippen LogP contribution in [0.4, 0.5) is 0 Å². The number of likely N-dealkylation sites (tertiary alicyclic amines) is 1. The molecule has 0 aliphatic carbocycles. The van der Waals surface area contributed by atoms with Crippen LogP contribution >= 0.6 is 27.3 Å². The van der Waals surface area contributed by atoms with Gasteiger partial charge in [0.25, 0.3) is 0 Å². The second kappa shape index (κ2) is 21.7. The molecule has 3 rings (SSSR count). The molecule has 3 N–H and O–H groups in total. The molecule has 49 heavy (non-hydrogen) atoms. The minimum absolute atomic E-state index is 0.000572. The van der Waals surface area contributed by atoms with Gasteiger partial charge < -0.3 is 44.3 Å². The first-order chi connectivity index (χ1) is 23.5. The van der Waals surface area contributed by atoms with E-state index in [4.69, 9.17) is 23.7 Å². The summed E-state index contributed by atoms with van der Waals surface area (Å²) in [5.41, 5.74) is 4.07. The first kappa shape index (κ1) is 40.9. The van der Waals surface area contributed by atoms with Gasteiger partial charge in [-0.3, -0.25) is 14.4 Å². The Bertz CT molecular complexity index is 1290. The predicted octanol–water partition coefficient (Wildman–Crippen LogP) is 2.71. The number of alkyl halides is 1. The van der Waals surface area contributed by atoms with Crippen LogP contribution < -0.4 is 10.6 Å². The maximum absolute atomic E-state index is 13.8. The van der Waals surface area contributed by atoms with Gasteiger partial charge in [0.05, 0.1) is 81.6 Å². The van der Waals surface area contributed by atoms with Crippen molar-refractivity contribution in [3.8, 4) is 10.4 Å². The molecule has 0 saturated carbocycles. The number of carbonyl (C=O) groups is 3. The van der Waals surface area contributed by atoms with Crippen molar-refractivity contribution in [3.63, 3.8) is 0 Å². The van der Waals surface area contributed by atoms with Crippen molar-refractivity contribution in [2.75, 3.05) is 77.9 Å². The van der Waals surface area contributed by atoms with Crippen molar-refractivity contribution in [2.24, 2.45) is 5.41 Å². The Morgan fingerprint density at radius 1 is 0.959 bits per heavy atom. The molecule has 0 radical (unpaired) electrons. The third-order valence-electron chi connectivity index (χ3n) is 7.65. The van der Waals surface area contributed by atoms with Gasteiger partial charge >= 0.3 is 0 Å². The van der Waals surface area contributed by atoms with Crippen molar-refractivity contribution in [1.29, 1.82) is 0 Å². The van der Waals surface area contributed by atoms with E-state index in [1.165, 1.54) is 4.90 Å². The van der Waals surface area contributed by atoms with Crippen LogP contribution in [0, 0.1) is 12.3 Å². The zero-order valence-electron chi connectivity index (χ0n) is 28.9. The fraction of sp³-hybridized carbons (Fsp3) is 0.647. The van der Waals surface area contributed by atoms with Gasteiger partial charge in [-0.1, -0.05) is 61.0 Å². The fourth-order valence-electron chi connectivity index (χ4n) is 5.08. The number of β-amino-alcohol motifs (C(OH)–C–C–N with tert-alkyl or cyclic N) is 1. The summed E-state index contributed by atoms with van der Waals surface area (Å²) in [6.45, 7) is 11.4. The Morgan fingerprint density at radius 3 is 2.06 bits per heavy atom. The normalized spacial score (nSPS) is 16.9. The molecular weight excluding hydrogens is 720 g/mol. The molecule has 13 nitrogen and oxygen atoms in total. The Morgan fingerprint density at radius 2 is 1.53 bits per heavy atom. The van der Waals surface area contributed by atoms with Crippen molar-refractivity contribution >= 4 is 45.0 Å². The van der Waals surface area contributed by atoms with Gasteiger partial charge in [-0.2, -0.15) is 0 Å². The summed E-state index contributed by atoms with van der Waals surface area (Å²) < 4.78 is 27.1. The lowest BCUT2D eigenvalue weighted by molar-refractivity contribution is -0.144. The Hall–Kier alpha value is -2.50. The predicted molar refractivity (Wildman–Crippen MR) is 190 cm³/mol. The lowest BCUT2D eigenvalue weighted by Gasteiger charge is -2.35. The summed E-state index contributed by atoms with van der Waals surface area (Å²) in [5.74, 6) is -1.26. The van der Waals surface area contributed by atoms with Crippen LogP contribution in [0.3, 0.4) is 0 Å². The lowest BCUT2D eigenvalue weighted by atomic mass is 9.85. The number of rotatable bonds is 22. The highest BCUT2D eigenvalue weighted by Crippen LogP contribution is 2.28. The molecule has 2 heterocycles. The Kier molecular flexibility index (Phi) is 18.1. The van der Waals surface area contributed by atoms with Crippen LogP contribution in [0.2, 0.25) is 0 Å². The number of nitrogens with zero attached hydrogens (tertiary/aromatic N) is 2. The van der Waals surface area contributed by atoms with Gasteiger partial charge in [0, 0.05) is 24.8 Å². The number of ether oxygens (including phenoxy) is 5. The minimum Gasteiger partial charge on any atom is -0.391 e. The largest absolute Gasteiger partial charge is 0.391 e. The summed E-state index contributed by atoms with van der Waals surface area (Å²) in [6.07, 6.45) is -0.741. The van der Waals surface area contributed by atoms with Gasteiger partial charge in [-0.15, -0.1) is 11.3 Å². The zero-order chi connectivity index (χ0) is 35.6. The maximum atomic E-state index is 13.8. The van der Waals surface area contributed by atoms with Crippen LogP contribution in [-0.4, -0.2) is 129 Å². The van der Waals surface area contributed by atoms with Crippen LogP contribution in [0.1, 0.15) is 38.4 Å². The minimum atomic E-state index is -0.939. The molecule has 1 aliphatic rings. The molecule has 1 fully saturated rings. The second-order valence-corrected chi connectivity index (χ2v) is 14.3. The van der Waals surface area contributed by atoms with E-state index in [1.807, 2.05) is 57.5 Å².